The maximum absolute atomic E-state index is 14.3. The normalized spacial score (nSPS) is 33.8. The van der Waals surface area contributed by atoms with Crippen LogP contribution in [-0.2, 0) is 23.9 Å². The molecule has 7 atom stereocenters. The van der Waals surface area contributed by atoms with Crippen LogP contribution in [0, 0.1) is 38.7 Å². The van der Waals surface area contributed by atoms with Gasteiger partial charge in [0.25, 0.3) is 11.6 Å². The Morgan fingerprint density at radius 1 is 1.13 bits per heavy atom. The van der Waals surface area contributed by atoms with Crippen molar-refractivity contribution in [1.29, 1.82) is 0 Å². The summed E-state index contributed by atoms with van der Waals surface area (Å²) in [5.74, 6) is -3.70. The van der Waals surface area contributed by atoms with Gasteiger partial charge in [0.05, 0.1) is 42.4 Å². The average Bonchev–Trinajstić information content (AvgIpc) is 3.44. The van der Waals surface area contributed by atoms with E-state index < -0.39 is 63.5 Å². The predicted octanol–water partition coefficient (Wildman–Crippen LogP) is 3.78. The average molecular weight is 539 g/mol. The Morgan fingerprint density at radius 3 is 2.46 bits per heavy atom. The predicted molar refractivity (Wildman–Crippen MR) is 134 cm³/mol. The molecule has 0 unspecified atom stereocenters. The third-order valence-corrected chi connectivity index (χ3v) is 9.20. The van der Waals surface area contributed by atoms with Crippen molar-refractivity contribution in [2.45, 2.75) is 51.7 Å². The number of carbonyl (C=O) groups excluding carboxylic acids is 4. The lowest BCUT2D eigenvalue weighted by atomic mass is 9.43. The van der Waals surface area contributed by atoms with Crippen molar-refractivity contribution in [1.82, 2.24) is 5.32 Å². The number of benzene rings is 1. The summed E-state index contributed by atoms with van der Waals surface area (Å²) in [5, 5.41) is 13.7. The van der Waals surface area contributed by atoms with Gasteiger partial charge in [-0.3, -0.25) is 29.3 Å². The lowest BCUT2D eigenvalue weighted by Gasteiger charge is -2.61. The Bertz CT molecular complexity index is 1320. The monoisotopic (exact) mass is 538 g/mol. The van der Waals surface area contributed by atoms with Gasteiger partial charge in [0.1, 0.15) is 6.10 Å². The number of nitrogens with zero attached hydrogens (tertiary/aromatic N) is 1. The standard InChI is InChI=1S/C28H30N2O9/c1-27-10-8-18-26(34)39-21(16-9-11-38-14-16)13-28(18,2)23(27)22(31)20(12-19(27)25(33)37-3)29-24(32)15-4-6-17(7-5-15)30(35)36/h4-7,9,11,14,18-21,23H,8,10,12-13H2,1-3H3,(H,29,32)/t18-,19-,20-,21-,23-,27-,28-/m0/s1. The molecule has 1 N–H and O–H groups in total. The first-order valence-corrected chi connectivity index (χ1v) is 12.9. The number of cyclic esters (lactones) is 1. The number of methoxy groups -OCH3 is 1. The van der Waals surface area contributed by atoms with Crippen LogP contribution < -0.4 is 5.32 Å². The van der Waals surface area contributed by atoms with E-state index in [0.29, 0.717) is 24.8 Å². The molecule has 2 aliphatic carbocycles. The smallest absolute Gasteiger partial charge is 0.310 e. The molecule has 1 aromatic heterocycles. The zero-order valence-electron chi connectivity index (χ0n) is 21.9. The van der Waals surface area contributed by atoms with Crippen LogP contribution >= 0.6 is 0 Å². The molecule has 1 amide bonds. The number of hydrogen-bond donors (Lipinski definition) is 1. The van der Waals surface area contributed by atoms with Crippen molar-refractivity contribution in [2.75, 3.05) is 7.11 Å². The highest BCUT2D eigenvalue weighted by Crippen LogP contribution is 2.65. The highest BCUT2D eigenvalue weighted by atomic mass is 16.6. The van der Waals surface area contributed by atoms with Crippen LogP contribution in [0.4, 0.5) is 5.69 Å². The number of ether oxygens (including phenoxy) is 2. The Balaban J connectivity index is 1.51. The summed E-state index contributed by atoms with van der Waals surface area (Å²) in [6.45, 7) is 3.81. The minimum atomic E-state index is -1.02. The van der Waals surface area contributed by atoms with E-state index in [0.717, 1.165) is 0 Å². The van der Waals surface area contributed by atoms with Gasteiger partial charge in [-0.2, -0.15) is 0 Å². The molecular weight excluding hydrogens is 508 g/mol. The van der Waals surface area contributed by atoms with Crippen molar-refractivity contribution in [3.05, 3.63) is 64.1 Å². The zero-order valence-corrected chi connectivity index (χ0v) is 21.9. The van der Waals surface area contributed by atoms with E-state index in [9.17, 15) is 29.3 Å². The van der Waals surface area contributed by atoms with Crippen LogP contribution in [0.3, 0.4) is 0 Å². The van der Waals surface area contributed by atoms with Gasteiger partial charge < -0.3 is 19.2 Å². The van der Waals surface area contributed by atoms with Gasteiger partial charge >= 0.3 is 11.9 Å². The molecule has 11 nitrogen and oxygen atoms in total. The summed E-state index contributed by atoms with van der Waals surface area (Å²) in [7, 11) is 1.29. The number of esters is 2. The first kappa shape index (κ1) is 26.6. The second-order valence-electron chi connectivity index (χ2n) is 11.3. The number of hydrogen-bond acceptors (Lipinski definition) is 9. The molecule has 2 aromatic rings. The highest BCUT2D eigenvalue weighted by molar-refractivity contribution is 6.00. The summed E-state index contributed by atoms with van der Waals surface area (Å²) in [5.41, 5.74) is -0.997. The van der Waals surface area contributed by atoms with Gasteiger partial charge in [0.15, 0.2) is 5.78 Å². The van der Waals surface area contributed by atoms with E-state index in [-0.39, 0.29) is 23.5 Å². The van der Waals surface area contributed by atoms with Crippen LogP contribution in [0.1, 0.15) is 61.6 Å². The molecule has 206 valence electrons. The summed E-state index contributed by atoms with van der Waals surface area (Å²) >= 11 is 0. The summed E-state index contributed by atoms with van der Waals surface area (Å²) in [6, 6.07) is 5.75. The molecule has 1 aliphatic heterocycles. The molecule has 0 radical (unpaired) electrons. The molecule has 1 saturated heterocycles. The maximum atomic E-state index is 14.3. The fourth-order valence-electron chi connectivity index (χ4n) is 7.30. The molecule has 0 spiro atoms. The number of non-ortho nitro benzene ring substituents is 1. The fourth-order valence-corrected chi connectivity index (χ4v) is 7.30. The van der Waals surface area contributed by atoms with Crippen molar-refractivity contribution in [2.24, 2.45) is 28.6 Å². The Kier molecular flexibility index (Phi) is 6.56. The van der Waals surface area contributed by atoms with Crippen LogP contribution in [0.25, 0.3) is 0 Å². The third kappa shape index (κ3) is 4.29. The molecule has 0 bridgehead atoms. The Hall–Kier alpha value is -4.02. The topological polar surface area (TPSA) is 155 Å². The fraction of sp³-hybridized carbons (Fsp3) is 0.500. The molecule has 1 aromatic carbocycles. The maximum Gasteiger partial charge on any atom is 0.310 e. The minimum Gasteiger partial charge on any atom is -0.472 e. The number of Topliss-reactive ketones (excluding diaryl/α,β-unsaturated/α-hetero) is 1. The van der Waals surface area contributed by atoms with Gasteiger partial charge in [-0.1, -0.05) is 13.8 Å². The number of nitro groups is 1. The number of ketones is 1. The Morgan fingerprint density at radius 2 is 1.85 bits per heavy atom. The zero-order chi connectivity index (χ0) is 28.1. The number of nitro benzene ring substituents is 1. The molecule has 2 heterocycles. The van der Waals surface area contributed by atoms with Crippen molar-refractivity contribution in [3.8, 4) is 0 Å². The van der Waals surface area contributed by atoms with E-state index in [4.69, 9.17) is 13.9 Å². The van der Waals surface area contributed by atoms with Gasteiger partial charge in [-0.05, 0) is 54.7 Å². The molecule has 2 saturated carbocycles. The summed E-state index contributed by atoms with van der Waals surface area (Å²) in [4.78, 5) is 64.1. The second-order valence-corrected chi connectivity index (χ2v) is 11.3. The quantitative estimate of drug-likeness (QED) is 0.340. The first-order chi connectivity index (χ1) is 18.5. The van der Waals surface area contributed by atoms with E-state index >= 15 is 0 Å². The van der Waals surface area contributed by atoms with Gasteiger partial charge in [-0.25, -0.2) is 0 Å². The molecule has 3 aliphatic rings. The number of carbonyl (C=O) groups is 4. The van der Waals surface area contributed by atoms with Gasteiger partial charge in [0.2, 0.25) is 0 Å². The molecular formula is C28H30N2O9. The van der Waals surface area contributed by atoms with E-state index in [1.807, 2.05) is 13.8 Å². The van der Waals surface area contributed by atoms with Gasteiger partial charge in [-0.15, -0.1) is 0 Å². The van der Waals surface area contributed by atoms with Crippen molar-refractivity contribution >= 4 is 29.3 Å². The summed E-state index contributed by atoms with van der Waals surface area (Å²) in [6.07, 6.45) is 3.69. The lowest BCUT2D eigenvalue weighted by molar-refractivity contribution is -0.384. The van der Waals surface area contributed by atoms with Crippen molar-refractivity contribution in [3.63, 3.8) is 0 Å². The third-order valence-electron chi connectivity index (χ3n) is 9.20. The van der Waals surface area contributed by atoms with Crippen LogP contribution in [0.2, 0.25) is 0 Å². The highest BCUT2D eigenvalue weighted by Gasteiger charge is 2.67. The molecule has 3 fully saturated rings. The number of amides is 1. The number of fused-ring (bicyclic) bond motifs is 3. The van der Waals surface area contributed by atoms with Crippen molar-refractivity contribution < 1.29 is 38.0 Å². The van der Waals surface area contributed by atoms with Crippen LogP contribution in [0.15, 0.2) is 47.3 Å². The van der Waals surface area contributed by atoms with E-state index in [1.165, 1.54) is 43.9 Å². The summed E-state index contributed by atoms with van der Waals surface area (Å²) < 4.78 is 16.1. The Labute approximate surface area is 224 Å². The SMILES string of the molecule is COC(=O)[C@@H]1C[C@H](NC(=O)c2ccc([N+](=O)[O-])cc2)C(=O)[C@H]2[C@@]1(C)CC[C@H]1C(=O)O[C@H](c3ccoc3)C[C@]21C. The molecule has 39 heavy (non-hydrogen) atoms. The van der Waals surface area contributed by atoms with Crippen LogP contribution in [0.5, 0.6) is 0 Å². The second kappa shape index (κ2) is 9.62. The molecule has 5 rings (SSSR count). The largest absolute Gasteiger partial charge is 0.472 e. The first-order valence-electron chi connectivity index (χ1n) is 12.9. The number of nitrogens with one attached hydrogen (secondary N) is 1. The van der Waals surface area contributed by atoms with Gasteiger partial charge in [0, 0.05) is 29.2 Å². The van der Waals surface area contributed by atoms with Crippen LogP contribution in [-0.4, -0.2) is 41.7 Å². The molecule has 11 heteroatoms. The minimum absolute atomic E-state index is 0.0492. The van der Waals surface area contributed by atoms with E-state index in [2.05, 4.69) is 5.32 Å². The lowest BCUT2D eigenvalue weighted by Crippen LogP contribution is -2.66. The van der Waals surface area contributed by atoms with E-state index in [1.54, 1.807) is 6.07 Å². The number of furan rings is 1. The number of rotatable bonds is 5.